The van der Waals surface area contributed by atoms with E-state index in [2.05, 4.69) is 10.2 Å². The van der Waals surface area contributed by atoms with Gasteiger partial charge in [0.15, 0.2) is 11.5 Å². The third-order valence-electron chi connectivity index (χ3n) is 5.25. The SMILES string of the molecule is COc1cc(/C=C/C(=O)Nc2cccc(CN3CCCC3C(N)=O)c2)ccc1OC(C)C. The smallest absolute Gasteiger partial charge is 0.248 e. The molecular formula is C25H31N3O4. The van der Waals surface area contributed by atoms with Gasteiger partial charge in [-0.1, -0.05) is 18.2 Å². The van der Waals surface area contributed by atoms with Crippen LogP contribution in [0.5, 0.6) is 11.5 Å². The van der Waals surface area contributed by atoms with Crippen molar-refractivity contribution in [2.24, 2.45) is 5.73 Å². The average Bonchev–Trinajstić information content (AvgIpc) is 3.21. The number of anilines is 1. The first-order valence-corrected chi connectivity index (χ1v) is 10.8. The predicted molar refractivity (Wildman–Crippen MR) is 125 cm³/mol. The number of hydrogen-bond acceptors (Lipinski definition) is 5. The number of methoxy groups -OCH3 is 1. The Labute approximate surface area is 189 Å². The minimum Gasteiger partial charge on any atom is -0.493 e. The van der Waals surface area contributed by atoms with Crippen LogP contribution in [0.15, 0.2) is 48.5 Å². The zero-order valence-corrected chi connectivity index (χ0v) is 18.8. The van der Waals surface area contributed by atoms with E-state index >= 15 is 0 Å². The van der Waals surface area contributed by atoms with Crippen LogP contribution in [0.4, 0.5) is 5.69 Å². The molecule has 0 aliphatic carbocycles. The Balaban J connectivity index is 1.62. The van der Waals surface area contributed by atoms with Crippen molar-refractivity contribution in [2.45, 2.75) is 45.4 Å². The number of primary amides is 1. The maximum absolute atomic E-state index is 12.4. The Morgan fingerprint density at radius 3 is 2.75 bits per heavy atom. The van der Waals surface area contributed by atoms with Gasteiger partial charge in [-0.3, -0.25) is 14.5 Å². The minimum absolute atomic E-state index is 0.0407. The molecule has 0 spiro atoms. The zero-order valence-electron chi connectivity index (χ0n) is 18.8. The van der Waals surface area contributed by atoms with Crippen molar-refractivity contribution in [3.63, 3.8) is 0 Å². The molecule has 170 valence electrons. The molecule has 1 atom stereocenters. The number of amides is 2. The van der Waals surface area contributed by atoms with Crippen molar-refractivity contribution in [3.05, 3.63) is 59.7 Å². The Morgan fingerprint density at radius 2 is 2.03 bits per heavy atom. The number of carbonyl (C=O) groups is 2. The van der Waals surface area contributed by atoms with Gasteiger partial charge >= 0.3 is 0 Å². The second-order valence-corrected chi connectivity index (χ2v) is 8.13. The monoisotopic (exact) mass is 437 g/mol. The molecule has 0 saturated carbocycles. The summed E-state index contributed by atoms with van der Waals surface area (Å²) in [7, 11) is 1.59. The summed E-state index contributed by atoms with van der Waals surface area (Å²) in [4.78, 5) is 26.1. The van der Waals surface area contributed by atoms with Crippen LogP contribution < -0.4 is 20.5 Å². The maximum Gasteiger partial charge on any atom is 0.248 e. The van der Waals surface area contributed by atoms with Gasteiger partial charge in [0.2, 0.25) is 11.8 Å². The van der Waals surface area contributed by atoms with Crippen molar-refractivity contribution in [1.82, 2.24) is 4.90 Å². The summed E-state index contributed by atoms with van der Waals surface area (Å²) in [6.45, 7) is 5.37. The van der Waals surface area contributed by atoms with Crippen LogP contribution in [0.25, 0.3) is 6.08 Å². The predicted octanol–water partition coefficient (Wildman–Crippen LogP) is 3.58. The molecule has 32 heavy (non-hydrogen) atoms. The molecule has 1 aliphatic heterocycles. The van der Waals surface area contributed by atoms with E-state index < -0.39 is 0 Å². The topological polar surface area (TPSA) is 93.9 Å². The standard InChI is InChI=1S/C25H31N3O4/c1-17(2)32-22-11-9-18(15-23(22)31-3)10-12-24(29)27-20-7-4-6-19(14-20)16-28-13-5-8-21(28)25(26)30/h4,6-7,9-12,14-15,17,21H,5,8,13,16H2,1-3H3,(H2,26,30)(H,27,29)/b12-10+. The van der Waals surface area contributed by atoms with E-state index in [-0.39, 0.29) is 24.0 Å². The molecule has 0 aromatic heterocycles. The molecule has 1 unspecified atom stereocenters. The molecule has 7 heteroatoms. The summed E-state index contributed by atoms with van der Waals surface area (Å²) < 4.78 is 11.1. The maximum atomic E-state index is 12.4. The first-order chi connectivity index (χ1) is 15.4. The molecule has 1 fully saturated rings. The molecule has 7 nitrogen and oxygen atoms in total. The molecule has 1 aliphatic rings. The molecule has 1 saturated heterocycles. The van der Waals surface area contributed by atoms with Gasteiger partial charge in [0, 0.05) is 18.3 Å². The Hall–Kier alpha value is -3.32. The summed E-state index contributed by atoms with van der Waals surface area (Å²) in [6, 6.07) is 12.9. The lowest BCUT2D eigenvalue weighted by atomic mass is 10.1. The molecule has 0 bridgehead atoms. The normalized spacial score (nSPS) is 16.4. The van der Waals surface area contributed by atoms with Gasteiger partial charge in [0.05, 0.1) is 19.3 Å². The van der Waals surface area contributed by atoms with E-state index in [1.807, 2.05) is 56.3 Å². The third kappa shape index (κ3) is 6.34. The van der Waals surface area contributed by atoms with Gasteiger partial charge in [0.25, 0.3) is 0 Å². The molecule has 2 aromatic rings. The average molecular weight is 438 g/mol. The van der Waals surface area contributed by atoms with Crippen LogP contribution in [-0.2, 0) is 16.1 Å². The number of carbonyl (C=O) groups excluding carboxylic acids is 2. The summed E-state index contributed by atoms with van der Waals surface area (Å²) in [6.07, 6.45) is 5.01. The molecule has 3 N–H and O–H groups in total. The lowest BCUT2D eigenvalue weighted by Crippen LogP contribution is -2.39. The van der Waals surface area contributed by atoms with E-state index in [1.54, 1.807) is 13.2 Å². The summed E-state index contributed by atoms with van der Waals surface area (Å²) in [5, 5.41) is 2.89. The van der Waals surface area contributed by atoms with Crippen LogP contribution in [0.2, 0.25) is 0 Å². The van der Waals surface area contributed by atoms with Crippen molar-refractivity contribution in [3.8, 4) is 11.5 Å². The van der Waals surface area contributed by atoms with Gasteiger partial charge < -0.3 is 20.5 Å². The van der Waals surface area contributed by atoms with Crippen molar-refractivity contribution >= 4 is 23.6 Å². The Kier molecular flexibility index (Phi) is 7.89. The van der Waals surface area contributed by atoms with Crippen LogP contribution in [-0.4, -0.2) is 42.5 Å². The Bertz CT molecular complexity index is 987. The summed E-state index contributed by atoms with van der Waals surface area (Å²) in [5.41, 5.74) is 8.05. The third-order valence-corrected chi connectivity index (χ3v) is 5.25. The second-order valence-electron chi connectivity index (χ2n) is 8.13. The van der Waals surface area contributed by atoms with E-state index in [4.69, 9.17) is 15.2 Å². The van der Waals surface area contributed by atoms with E-state index in [9.17, 15) is 9.59 Å². The number of benzene rings is 2. The highest BCUT2D eigenvalue weighted by Gasteiger charge is 2.28. The number of nitrogens with zero attached hydrogens (tertiary/aromatic N) is 1. The minimum atomic E-state index is -0.280. The van der Waals surface area contributed by atoms with Crippen molar-refractivity contribution in [2.75, 3.05) is 19.0 Å². The fourth-order valence-electron chi connectivity index (χ4n) is 3.81. The number of hydrogen-bond donors (Lipinski definition) is 2. The van der Waals surface area contributed by atoms with E-state index in [0.717, 1.165) is 30.5 Å². The fourth-order valence-corrected chi connectivity index (χ4v) is 3.81. The number of nitrogens with two attached hydrogens (primary N) is 1. The van der Waals surface area contributed by atoms with Gasteiger partial charge in [-0.2, -0.15) is 0 Å². The largest absolute Gasteiger partial charge is 0.493 e. The van der Waals surface area contributed by atoms with E-state index in [0.29, 0.717) is 23.7 Å². The quantitative estimate of drug-likeness (QED) is 0.585. The number of rotatable bonds is 9. The molecule has 1 heterocycles. The molecule has 2 amide bonds. The van der Waals surface area contributed by atoms with Gasteiger partial charge in [0.1, 0.15) is 0 Å². The van der Waals surface area contributed by atoms with E-state index in [1.165, 1.54) is 6.08 Å². The molecule has 2 aromatic carbocycles. The van der Waals surface area contributed by atoms with Gasteiger partial charge in [-0.15, -0.1) is 0 Å². The molecule has 0 radical (unpaired) electrons. The lowest BCUT2D eigenvalue weighted by Gasteiger charge is -2.22. The highest BCUT2D eigenvalue weighted by molar-refractivity contribution is 6.02. The Morgan fingerprint density at radius 1 is 1.22 bits per heavy atom. The second kappa shape index (κ2) is 10.8. The zero-order chi connectivity index (χ0) is 23.1. The summed E-state index contributed by atoms with van der Waals surface area (Å²) in [5.74, 6) is 0.764. The van der Waals surface area contributed by atoms with Crippen molar-refractivity contribution < 1.29 is 19.1 Å². The van der Waals surface area contributed by atoms with Crippen LogP contribution in [0.3, 0.4) is 0 Å². The lowest BCUT2D eigenvalue weighted by molar-refractivity contribution is -0.122. The van der Waals surface area contributed by atoms with Crippen LogP contribution >= 0.6 is 0 Å². The first-order valence-electron chi connectivity index (χ1n) is 10.8. The van der Waals surface area contributed by atoms with Crippen molar-refractivity contribution in [1.29, 1.82) is 0 Å². The fraction of sp³-hybridized carbons (Fsp3) is 0.360. The first kappa shape index (κ1) is 23.3. The number of likely N-dealkylation sites (tertiary alicyclic amines) is 1. The number of ether oxygens (including phenoxy) is 2. The number of nitrogens with one attached hydrogen (secondary N) is 1. The highest BCUT2D eigenvalue weighted by atomic mass is 16.5. The highest BCUT2D eigenvalue weighted by Crippen LogP contribution is 2.29. The van der Waals surface area contributed by atoms with Crippen LogP contribution in [0.1, 0.15) is 37.8 Å². The summed E-state index contributed by atoms with van der Waals surface area (Å²) >= 11 is 0. The molecular weight excluding hydrogens is 406 g/mol. The molecule has 3 rings (SSSR count). The van der Waals surface area contributed by atoms with Gasteiger partial charge in [-0.05, 0) is 74.7 Å². The van der Waals surface area contributed by atoms with Gasteiger partial charge in [-0.25, -0.2) is 0 Å². The van der Waals surface area contributed by atoms with Crippen LogP contribution in [0, 0.1) is 0 Å².